The summed E-state index contributed by atoms with van der Waals surface area (Å²) >= 11 is 12.1. The van der Waals surface area contributed by atoms with Crippen LogP contribution in [-0.2, 0) is 6.54 Å². The second-order valence-corrected chi connectivity index (χ2v) is 6.21. The van der Waals surface area contributed by atoms with Gasteiger partial charge in [-0.05, 0) is 30.3 Å². The minimum absolute atomic E-state index is 0.0785. The summed E-state index contributed by atoms with van der Waals surface area (Å²) in [5, 5.41) is 4.09. The van der Waals surface area contributed by atoms with Gasteiger partial charge in [-0.3, -0.25) is 0 Å². The van der Waals surface area contributed by atoms with Gasteiger partial charge in [-0.25, -0.2) is 4.79 Å². The Hall–Kier alpha value is -1.85. The van der Waals surface area contributed by atoms with E-state index < -0.39 is 0 Å². The van der Waals surface area contributed by atoms with E-state index in [1.165, 1.54) is 0 Å². The highest BCUT2D eigenvalue weighted by Gasteiger charge is 2.21. The van der Waals surface area contributed by atoms with Crippen LogP contribution in [0.1, 0.15) is 5.76 Å². The third-order valence-electron chi connectivity index (χ3n) is 3.77. The highest BCUT2D eigenvalue weighted by molar-refractivity contribution is 6.35. The number of carbonyl (C=O) groups excluding carboxylic acids is 1. The number of halogens is 2. The first-order valence-corrected chi connectivity index (χ1v) is 8.13. The predicted molar refractivity (Wildman–Crippen MR) is 91.2 cm³/mol. The van der Waals surface area contributed by atoms with Crippen molar-refractivity contribution in [3.05, 3.63) is 52.4 Å². The number of amides is 2. The molecule has 1 aliphatic heterocycles. The van der Waals surface area contributed by atoms with Crippen LogP contribution in [0.4, 0.5) is 10.5 Å². The number of benzene rings is 1. The van der Waals surface area contributed by atoms with Gasteiger partial charge in [0.15, 0.2) is 0 Å². The standard InChI is InChI=1S/C16H17Cl2N3O2/c17-12-8-13(18)10-14(9-12)20-3-5-21(6-4-20)16(22)19-11-15-2-1-7-23-15/h1-2,7-10H,3-6,11H2,(H,19,22). The summed E-state index contributed by atoms with van der Waals surface area (Å²) in [7, 11) is 0. The Balaban J connectivity index is 1.52. The van der Waals surface area contributed by atoms with Crippen molar-refractivity contribution in [2.75, 3.05) is 31.1 Å². The molecule has 1 N–H and O–H groups in total. The number of anilines is 1. The molecule has 1 aromatic heterocycles. The van der Waals surface area contributed by atoms with Crippen LogP contribution in [0.2, 0.25) is 10.0 Å². The van der Waals surface area contributed by atoms with E-state index in [4.69, 9.17) is 27.6 Å². The monoisotopic (exact) mass is 353 g/mol. The molecule has 1 fully saturated rings. The first kappa shape index (κ1) is 16.0. The lowest BCUT2D eigenvalue weighted by Crippen LogP contribution is -2.51. The summed E-state index contributed by atoms with van der Waals surface area (Å²) in [5.41, 5.74) is 0.984. The topological polar surface area (TPSA) is 48.7 Å². The van der Waals surface area contributed by atoms with E-state index in [-0.39, 0.29) is 6.03 Å². The fourth-order valence-corrected chi connectivity index (χ4v) is 3.09. The average molecular weight is 354 g/mol. The number of hydrogen-bond donors (Lipinski definition) is 1. The summed E-state index contributed by atoms with van der Waals surface area (Å²) in [4.78, 5) is 16.1. The SMILES string of the molecule is O=C(NCc1ccco1)N1CCN(c2cc(Cl)cc(Cl)c2)CC1. The van der Waals surface area contributed by atoms with Gasteiger partial charge in [0.05, 0.1) is 12.8 Å². The molecular weight excluding hydrogens is 337 g/mol. The summed E-state index contributed by atoms with van der Waals surface area (Å²) in [6, 6.07) is 9.05. The van der Waals surface area contributed by atoms with E-state index >= 15 is 0 Å². The first-order valence-electron chi connectivity index (χ1n) is 7.38. The number of urea groups is 1. The zero-order valence-electron chi connectivity index (χ0n) is 12.5. The zero-order chi connectivity index (χ0) is 16.2. The number of carbonyl (C=O) groups is 1. The molecule has 7 heteroatoms. The lowest BCUT2D eigenvalue weighted by atomic mass is 10.2. The van der Waals surface area contributed by atoms with Crippen LogP contribution >= 0.6 is 23.2 Å². The lowest BCUT2D eigenvalue weighted by Gasteiger charge is -2.36. The van der Waals surface area contributed by atoms with E-state index in [2.05, 4.69) is 10.2 Å². The average Bonchev–Trinajstić information content (AvgIpc) is 3.05. The van der Waals surface area contributed by atoms with Gasteiger partial charge in [0.2, 0.25) is 0 Å². The Kier molecular flexibility index (Phi) is 4.98. The second kappa shape index (κ2) is 7.15. The largest absolute Gasteiger partial charge is 0.467 e. The van der Waals surface area contributed by atoms with Crippen molar-refractivity contribution >= 4 is 34.9 Å². The Morgan fingerprint density at radius 3 is 2.43 bits per heavy atom. The molecule has 0 radical (unpaired) electrons. The third-order valence-corrected chi connectivity index (χ3v) is 4.21. The minimum atomic E-state index is -0.0785. The maximum absolute atomic E-state index is 12.2. The van der Waals surface area contributed by atoms with Gasteiger partial charge in [0.25, 0.3) is 0 Å². The second-order valence-electron chi connectivity index (χ2n) is 5.34. The maximum atomic E-state index is 12.2. The van der Waals surface area contributed by atoms with Crippen molar-refractivity contribution in [2.45, 2.75) is 6.54 Å². The Morgan fingerprint density at radius 1 is 1.13 bits per heavy atom. The van der Waals surface area contributed by atoms with Crippen molar-refractivity contribution < 1.29 is 9.21 Å². The molecule has 23 heavy (non-hydrogen) atoms. The number of furan rings is 1. The highest BCUT2D eigenvalue weighted by atomic mass is 35.5. The Bertz CT molecular complexity index is 648. The van der Waals surface area contributed by atoms with Gasteiger partial charge in [0, 0.05) is 41.9 Å². The lowest BCUT2D eigenvalue weighted by molar-refractivity contribution is 0.193. The van der Waals surface area contributed by atoms with Crippen LogP contribution in [0.15, 0.2) is 41.0 Å². The van der Waals surface area contributed by atoms with Crippen molar-refractivity contribution in [3.63, 3.8) is 0 Å². The Labute approximate surface area is 144 Å². The van der Waals surface area contributed by atoms with Gasteiger partial charge in [0.1, 0.15) is 5.76 Å². The van der Waals surface area contributed by atoms with Gasteiger partial charge in [-0.1, -0.05) is 23.2 Å². The molecule has 3 rings (SSSR count). The highest BCUT2D eigenvalue weighted by Crippen LogP contribution is 2.26. The summed E-state index contributed by atoms with van der Waals surface area (Å²) in [6.07, 6.45) is 1.59. The van der Waals surface area contributed by atoms with Crippen LogP contribution in [0, 0.1) is 0 Å². The van der Waals surface area contributed by atoms with Crippen LogP contribution in [0.3, 0.4) is 0 Å². The molecule has 122 valence electrons. The number of hydrogen-bond acceptors (Lipinski definition) is 3. The van der Waals surface area contributed by atoms with Crippen molar-refractivity contribution in [3.8, 4) is 0 Å². The quantitative estimate of drug-likeness (QED) is 0.916. The number of nitrogens with zero attached hydrogens (tertiary/aromatic N) is 2. The molecule has 2 heterocycles. The normalized spacial score (nSPS) is 14.9. The maximum Gasteiger partial charge on any atom is 0.317 e. The van der Waals surface area contributed by atoms with Crippen LogP contribution < -0.4 is 10.2 Å². The molecule has 0 spiro atoms. The minimum Gasteiger partial charge on any atom is -0.467 e. The molecule has 0 unspecified atom stereocenters. The molecule has 5 nitrogen and oxygen atoms in total. The molecule has 0 aliphatic carbocycles. The zero-order valence-corrected chi connectivity index (χ0v) is 14.0. The van der Waals surface area contributed by atoms with Gasteiger partial charge >= 0.3 is 6.03 Å². The van der Waals surface area contributed by atoms with E-state index in [1.54, 1.807) is 23.3 Å². The first-order chi connectivity index (χ1) is 11.1. The number of piperazine rings is 1. The number of rotatable bonds is 3. The van der Waals surface area contributed by atoms with E-state index in [1.807, 2.05) is 18.2 Å². The Morgan fingerprint density at radius 2 is 1.83 bits per heavy atom. The third kappa shape index (κ3) is 4.12. The molecule has 1 aliphatic rings. The molecule has 1 aromatic carbocycles. The van der Waals surface area contributed by atoms with Crippen LogP contribution in [-0.4, -0.2) is 37.1 Å². The fourth-order valence-electron chi connectivity index (χ4n) is 2.58. The molecule has 1 saturated heterocycles. The predicted octanol–water partition coefficient (Wildman–Crippen LogP) is 3.62. The van der Waals surface area contributed by atoms with E-state index in [0.717, 1.165) is 24.5 Å². The molecular formula is C16H17Cl2N3O2. The molecule has 0 bridgehead atoms. The molecule has 2 amide bonds. The van der Waals surface area contributed by atoms with Crippen molar-refractivity contribution in [2.24, 2.45) is 0 Å². The summed E-state index contributed by atoms with van der Waals surface area (Å²) in [6.45, 7) is 3.17. The van der Waals surface area contributed by atoms with Crippen molar-refractivity contribution in [1.82, 2.24) is 10.2 Å². The molecule has 0 saturated carbocycles. The van der Waals surface area contributed by atoms with Crippen molar-refractivity contribution in [1.29, 1.82) is 0 Å². The van der Waals surface area contributed by atoms with E-state index in [9.17, 15) is 4.79 Å². The smallest absolute Gasteiger partial charge is 0.317 e. The summed E-state index contributed by atoms with van der Waals surface area (Å²) < 4.78 is 5.20. The molecule has 2 aromatic rings. The van der Waals surface area contributed by atoms with E-state index in [0.29, 0.717) is 29.7 Å². The van der Waals surface area contributed by atoms with Gasteiger partial charge in [-0.2, -0.15) is 0 Å². The number of nitrogens with one attached hydrogen (secondary N) is 1. The van der Waals surface area contributed by atoms with Crippen LogP contribution in [0.5, 0.6) is 0 Å². The van der Waals surface area contributed by atoms with Gasteiger partial charge in [-0.15, -0.1) is 0 Å². The fraction of sp³-hybridized carbons (Fsp3) is 0.312. The molecule has 0 atom stereocenters. The summed E-state index contributed by atoms with van der Waals surface area (Å²) in [5.74, 6) is 0.741. The van der Waals surface area contributed by atoms with Crippen LogP contribution in [0.25, 0.3) is 0 Å². The van der Waals surface area contributed by atoms with Gasteiger partial charge < -0.3 is 19.5 Å².